The second kappa shape index (κ2) is 9.63. The van der Waals surface area contributed by atoms with Crippen LogP contribution in [0.25, 0.3) is 0 Å². The lowest BCUT2D eigenvalue weighted by Gasteiger charge is -2.16. The highest BCUT2D eigenvalue weighted by Crippen LogP contribution is 2.25. The molecular formula is C19H19ClN4O5S3. The number of amides is 1. The number of nitrogens with zero attached hydrogens (tertiary/aromatic N) is 2. The van der Waals surface area contributed by atoms with E-state index in [1.807, 2.05) is 0 Å². The summed E-state index contributed by atoms with van der Waals surface area (Å²) in [6.07, 6.45) is 1.51. The van der Waals surface area contributed by atoms with Crippen molar-refractivity contribution in [1.29, 1.82) is 0 Å². The van der Waals surface area contributed by atoms with E-state index in [0.717, 1.165) is 6.26 Å². The first kappa shape index (κ1) is 24.3. The molecule has 0 aliphatic carbocycles. The van der Waals surface area contributed by atoms with E-state index in [2.05, 4.69) is 20.2 Å². The van der Waals surface area contributed by atoms with E-state index in [0.29, 0.717) is 33.9 Å². The molecule has 0 fully saturated rings. The van der Waals surface area contributed by atoms with Crippen molar-refractivity contribution in [3.05, 3.63) is 64.7 Å². The molecule has 170 valence electrons. The van der Waals surface area contributed by atoms with Gasteiger partial charge < -0.3 is 0 Å². The molecule has 13 heteroatoms. The number of sulfone groups is 1. The standard InChI is InChI=1S/C19H19ClN4O5S3/c1-3-16(12-6-10-15(11-7-12)31(2,26)27)24-32(28,29)19-23-22-18(30-19)21-17(25)13-4-8-14(20)9-5-13/h4-11,16,24H,3H2,1-2H3,(H,21,22,25). The Hall–Kier alpha value is -2.38. The molecule has 0 saturated heterocycles. The second-order valence-corrected chi connectivity index (χ2v) is 12.1. The zero-order valence-electron chi connectivity index (χ0n) is 16.9. The van der Waals surface area contributed by atoms with Gasteiger partial charge in [0.1, 0.15) is 0 Å². The quantitative estimate of drug-likeness (QED) is 0.440. The fraction of sp³-hybridized carbons (Fsp3) is 0.211. The van der Waals surface area contributed by atoms with Crippen LogP contribution in [0.3, 0.4) is 0 Å². The molecule has 32 heavy (non-hydrogen) atoms. The highest BCUT2D eigenvalue weighted by molar-refractivity contribution is 7.91. The Morgan fingerprint density at radius 1 is 1.03 bits per heavy atom. The van der Waals surface area contributed by atoms with Gasteiger partial charge in [-0.2, -0.15) is 0 Å². The molecule has 9 nitrogen and oxygen atoms in total. The maximum atomic E-state index is 12.8. The first-order chi connectivity index (χ1) is 15.0. The summed E-state index contributed by atoms with van der Waals surface area (Å²) < 4.78 is 51.0. The number of anilines is 1. The molecule has 1 atom stereocenters. The smallest absolute Gasteiger partial charge is 0.270 e. The van der Waals surface area contributed by atoms with Gasteiger partial charge in [-0.05, 0) is 48.4 Å². The Bertz CT molecular complexity index is 1320. The number of rotatable bonds is 8. The molecule has 1 amide bonds. The van der Waals surface area contributed by atoms with Crippen LogP contribution in [0, 0.1) is 0 Å². The predicted molar refractivity (Wildman–Crippen MR) is 122 cm³/mol. The largest absolute Gasteiger partial charge is 0.296 e. The van der Waals surface area contributed by atoms with Gasteiger partial charge in [-0.25, -0.2) is 21.6 Å². The summed E-state index contributed by atoms with van der Waals surface area (Å²) in [5.41, 5.74) is 0.931. The molecule has 0 aliphatic rings. The number of benzene rings is 2. The third-order valence-corrected chi connectivity index (χ3v) is 8.44. The average Bonchev–Trinajstić information content (AvgIpc) is 3.21. The van der Waals surface area contributed by atoms with Crippen molar-refractivity contribution in [2.45, 2.75) is 28.6 Å². The van der Waals surface area contributed by atoms with Crippen LogP contribution in [0.4, 0.5) is 5.13 Å². The van der Waals surface area contributed by atoms with Gasteiger partial charge in [-0.15, -0.1) is 10.2 Å². The van der Waals surface area contributed by atoms with Crippen LogP contribution < -0.4 is 10.0 Å². The number of hydrogen-bond acceptors (Lipinski definition) is 8. The third kappa shape index (κ3) is 5.90. The normalized spacial score (nSPS) is 13.0. The van der Waals surface area contributed by atoms with Crippen molar-refractivity contribution in [1.82, 2.24) is 14.9 Å². The monoisotopic (exact) mass is 514 g/mol. The molecule has 0 aliphatic heterocycles. The molecular weight excluding hydrogens is 496 g/mol. The van der Waals surface area contributed by atoms with Crippen LogP contribution >= 0.6 is 22.9 Å². The fourth-order valence-corrected chi connectivity index (χ4v) is 5.69. The Morgan fingerprint density at radius 2 is 1.66 bits per heavy atom. The minimum absolute atomic E-state index is 0.0240. The predicted octanol–water partition coefficient (Wildman–Crippen LogP) is 3.28. The van der Waals surface area contributed by atoms with Crippen LogP contribution in [-0.2, 0) is 19.9 Å². The maximum Gasteiger partial charge on any atom is 0.270 e. The van der Waals surface area contributed by atoms with E-state index in [-0.39, 0.29) is 14.4 Å². The summed E-state index contributed by atoms with van der Waals surface area (Å²) in [5.74, 6) is -0.480. The first-order valence-corrected chi connectivity index (χ1v) is 13.8. The summed E-state index contributed by atoms with van der Waals surface area (Å²) in [7, 11) is -7.39. The first-order valence-electron chi connectivity index (χ1n) is 9.22. The molecule has 1 unspecified atom stereocenters. The molecule has 1 heterocycles. The van der Waals surface area contributed by atoms with Crippen LogP contribution in [0.15, 0.2) is 57.8 Å². The lowest BCUT2D eigenvalue weighted by molar-refractivity contribution is 0.102. The summed E-state index contributed by atoms with van der Waals surface area (Å²) in [5, 5.41) is 10.4. The summed E-state index contributed by atoms with van der Waals surface area (Å²) in [4.78, 5) is 12.4. The maximum absolute atomic E-state index is 12.8. The summed E-state index contributed by atoms with van der Waals surface area (Å²) >= 11 is 6.51. The molecule has 3 aromatic rings. The third-order valence-electron chi connectivity index (χ3n) is 4.38. The SMILES string of the molecule is CCC(NS(=O)(=O)c1nnc(NC(=O)c2ccc(Cl)cc2)s1)c1ccc(S(C)(=O)=O)cc1. The minimum Gasteiger partial charge on any atom is -0.296 e. The van der Waals surface area contributed by atoms with Gasteiger partial charge in [-0.3, -0.25) is 10.1 Å². The minimum atomic E-state index is -4.04. The number of halogens is 1. The van der Waals surface area contributed by atoms with Crippen LogP contribution in [-0.4, -0.2) is 39.2 Å². The number of sulfonamides is 1. The molecule has 0 saturated carbocycles. The number of carbonyl (C=O) groups is 1. The van der Waals surface area contributed by atoms with Crippen molar-refractivity contribution in [3.63, 3.8) is 0 Å². The van der Waals surface area contributed by atoms with Gasteiger partial charge in [-0.1, -0.05) is 42.0 Å². The molecule has 0 spiro atoms. The van der Waals surface area contributed by atoms with Crippen LogP contribution in [0.1, 0.15) is 35.3 Å². The topological polar surface area (TPSA) is 135 Å². The lowest BCUT2D eigenvalue weighted by Crippen LogP contribution is -2.28. The lowest BCUT2D eigenvalue weighted by atomic mass is 10.1. The van der Waals surface area contributed by atoms with Crippen molar-refractivity contribution in [2.24, 2.45) is 0 Å². The number of nitrogens with one attached hydrogen (secondary N) is 2. The van der Waals surface area contributed by atoms with Crippen molar-refractivity contribution in [2.75, 3.05) is 11.6 Å². The van der Waals surface area contributed by atoms with Gasteiger partial charge >= 0.3 is 0 Å². The van der Waals surface area contributed by atoms with Gasteiger partial charge in [0.2, 0.25) is 9.47 Å². The van der Waals surface area contributed by atoms with E-state index >= 15 is 0 Å². The average molecular weight is 515 g/mol. The van der Waals surface area contributed by atoms with Crippen LogP contribution in [0.2, 0.25) is 5.02 Å². The number of carbonyl (C=O) groups excluding carboxylic acids is 1. The van der Waals surface area contributed by atoms with Crippen LogP contribution in [0.5, 0.6) is 0 Å². The zero-order valence-corrected chi connectivity index (χ0v) is 20.1. The Morgan fingerprint density at radius 3 is 2.22 bits per heavy atom. The van der Waals surface area contributed by atoms with E-state index in [1.54, 1.807) is 31.2 Å². The van der Waals surface area contributed by atoms with Gasteiger partial charge in [0.25, 0.3) is 15.9 Å². The van der Waals surface area contributed by atoms with Crippen molar-refractivity contribution < 1.29 is 21.6 Å². The Labute approximate surface area is 194 Å². The molecule has 2 N–H and O–H groups in total. The van der Waals surface area contributed by atoms with Crippen molar-refractivity contribution >= 4 is 53.8 Å². The Kier molecular flexibility index (Phi) is 7.30. The van der Waals surface area contributed by atoms with E-state index in [9.17, 15) is 21.6 Å². The van der Waals surface area contributed by atoms with E-state index < -0.39 is 31.8 Å². The zero-order chi connectivity index (χ0) is 23.5. The fourth-order valence-electron chi connectivity index (χ4n) is 2.71. The Balaban J connectivity index is 1.74. The molecule has 0 radical (unpaired) electrons. The van der Waals surface area contributed by atoms with Crippen molar-refractivity contribution in [3.8, 4) is 0 Å². The van der Waals surface area contributed by atoms with E-state index in [1.165, 1.54) is 24.3 Å². The van der Waals surface area contributed by atoms with Gasteiger partial charge in [0, 0.05) is 22.9 Å². The van der Waals surface area contributed by atoms with Gasteiger partial charge in [0.15, 0.2) is 9.84 Å². The summed E-state index contributed by atoms with van der Waals surface area (Å²) in [6.45, 7) is 1.79. The molecule has 0 bridgehead atoms. The number of hydrogen-bond donors (Lipinski definition) is 2. The summed E-state index contributed by atoms with van der Waals surface area (Å²) in [6, 6.07) is 11.5. The number of aromatic nitrogens is 2. The van der Waals surface area contributed by atoms with Gasteiger partial charge in [0.05, 0.1) is 4.90 Å². The van der Waals surface area contributed by atoms with E-state index in [4.69, 9.17) is 11.6 Å². The highest BCUT2D eigenvalue weighted by atomic mass is 35.5. The second-order valence-electron chi connectivity index (χ2n) is 6.76. The molecule has 1 aromatic heterocycles. The molecule has 2 aromatic carbocycles. The molecule has 3 rings (SSSR count). The highest BCUT2D eigenvalue weighted by Gasteiger charge is 2.25.